The molecular formula is C18H21NS. The van der Waals surface area contributed by atoms with Gasteiger partial charge in [0.25, 0.3) is 0 Å². The van der Waals surface area contributed by atoms with Crippen molar-refractivity contribution in [2.45, 2.75) is 35.8 Å². The molecular weight excluding hydrogens is 262 g/mol. The second-order valence-corrected chi connectivity index (χ2v) is 6.65. The molecule has 0 heterocycles. The summed E-state index contributed by atoms with van der Waals surface area (Å²) in [6, 6.07) is 17.7. The van der Waals surface area contributed by atoms with Crippen LogP contribution in [0.1, 0.15) is 34.8 Å². The van der Waals surface area contributed by atoms with E-state index in [9.17, 15) is 0 Å². The number of benzene rings is 2. The maximum absolute atomic E-state index is 5.80. The number of rotatable bonds is 5. The Morgan fingerprint density at radius 3 is 2.60 bits per heavy atom. The van der Waals surface area contributed by atoms with Gasteiger partial charge in [-0.25, -0.2) is 0 Å². The second kappa shape index (κ2) is 6.47. The molecule has 3 rings (SSSR count). The van der Waals surface area contributed by atoms with Gasteiger partial charge in [-0.2, -0.15) is 0 Å². The van der Waals surface area contributed by atoms with Gasteiger partial charge >= 0.3 is 0 Å². The highest BCUT2D eigenvalue weighted by Gasteiger charge is 2.15. The molecule has 2 heteroatoms. The minimum Gasteiger partial charge on any atom is -0.330 e. The summed E-state index contributed by atoms with van der Waals surface area (Å²) in [5.74, 6) is 0. The molecule has 2 aromatic carbocycles. The van der Waals surface area contributed by atoms with E-state index >= 15 is 0 Å². The third-order valence-corrected chi connectivity index (χ3v) is 5.27. The number of thioether (sulfide) groups is 1. The van der Waals surface area contributed by atoms with E-state index in [1.165, 1.54) is 29.7 Å². The topological polar surface area (TPSA) is 26.0 Å². The van der Waals surface area contributed by atoms with Gasteiger partial charge < -0.3 is 5.73 Å². The predicted octanol–water partition coefficient (Wildman–Crippen LogP) is 4.36. The summed E-state index contributed by atoms with van der Waals surface area (Å²) >= 11 is 1.95. The largest absolute Gasteiger partial charge is 0.330 e. The molecule has 2 N–H and O–H groups in total. The van der Waals surface area contributed by atoms with Gasteiger partial charge in [0.1, 0.15) is 0 Å². The lowest BCUT2D eigenvalue weighted by atomic mass is 10.1. The third kappa shape index (κ3) is 3.08. The van der Waals surface area contributed by atoms with E-state index in [0.717, 1.165) is 13.0 Å². The van der Waals surface area contributed by atoms with E-state index in [4.69, 9.17) is 5.73 Å². The van der Waals surface area contributed by atoms with Gasteiger partial charge in [0.05, 0.1) is 0 Å². The summed E-state index contributed by atoms with van der Waals surface area (Å²) in [4.78, 5) is 1.38. The number of fused-ring (bicyclic) bond motifs is 1. The van der Waals surface area contributed by atoms with Gasteiger partial charge in [-0.3, -0.25) is 0 Å². The van der Waals surface area contributed by atoms with Crippen LogP contribution in [-0.4, -0.2) is 6.54 Å². The van der Waals surface area contributed by atoms with Crippen molar-refractivity contribution in [3.8, 4) is 0 Å². The van der Waals surface area contributed by atoms with Crippen LogP contribution in [0.2, 0.25) is 0 Å². The van der Waals surface area contributed by atoms with Crippen molar-refractivity contribution < 1.29 is 0 Å². The van der Waals surface area contributed by atoms with Gasteiger partial charge in [0.2, 0.25) is 0 Å². The number of hydrogen-bond acceptors (Lipinski definition) is 2. The highest BCUT2D eigenvalue weighted by Crippen LogP contribution is 2.38. The zero-order valence-corrected chi connectivity index (χ0v) is 12.5. The first-order chi connectivity index (χ1) is 9.86. The van der Waals surface area contributed by atoms with Crippen molar-refractivity contribution >= 4 is 11.8 Å². The number of hydrogen-bond donors (Lipinski definition) is 1. The molecule has 0 bridgehead atoms. The summed E-state index contributed by atoms with van der Waals surface area (Å²) in [5, 5.41) is 0.459. The summed E-state index contributed by atoms with van der Waals surface area (Å²) in [7, 11) is 0. The minimum absolute atomic E-state index is 0.459. The molecule has 0 saturated heterocycles. The average Bonchev–Trinajstić information content (AvgIpc) is 2.95. The maximum Gasteiger partial charge on any atom is 0.0356 e. The Labute approximate surface area is 125 Å². The lowest BCUT2D eigenvalue weighted by Crippen LogP contribution is -2.04. The van der Waals surface area contributed by atoms with Crippen LogP contribution in [0.4, 0.5) is 0 Å². The van der Waals surface area contributed by atoms with Crippen molar-refractivity contribution in [2.75, 3.05) is 6.54 Å². The molecule has 1 nitrogen and oxygen atoms in total. The van der Waals surface area contributed by atoms with Gasteiger partial charge in [-0.1, -0.05) is 36.4 Å². The highest BCUT2D eigenvalue weighted by molar-refractivity contribution is 7.99. The molecule has 104 valence electrons. The van der Waals surface area contributed by atoms with Crippen molar-refractivity contribution in [1.82, 2.24) is 0 Å². The van der Waals surface area contributed by atoms with E-state index in [-0.39, 0.29) is 0 Å². The zero-order valence-electron chi connectivity index (χ0n) is 11.7. The Balaban J connectivity index is 1.80. The SMILES string of the molecule is NCCC(Sc1ccc2c(c1)CCC2)c1ccccc1. The van der Waals surface area contributed by atoms with Crippen LogP contribution in [0.5, 0.6) is 0 Å². The molecule has 0 saturated carbocycles. The fourth-order valence-corrected chi connectivity index (χ4v) is 4.13. The average molecular weight is 283 g/mol. The van der Waals surface area contributed by atoms with Crippen molar-refractivity contribution in [2.24, 2.45) is 5.73 Å². The summed E-state index contributed by atoms with van der Waals surface area (Å²) in [5.41, 5.74) is 10.3. The highest BCUT2D eigenvalue weighted by atomic mass is 32.2. The van der Waals surface area contributed by atoms with Gasteiger partial charge in [0, 0.05) is 10.1 Å². The third-order valence-electron chi connectivity index (χ3n) is 3.95. The fraction of sp³-hybridized carbons (Fsp3) is 0.333. The van der Waals surface area contributed by atoms with Crippen LogP contribution in [0.3, 0.4) is 0 Å². The lowest BCUT2D eigenvalue weighted by Gasteiger charge is -2.17. The second-order valence-electron chi connectivity index (χ2n) is 5.38. The molecule has 0 radical (unpaired) electrons. The van der Waals surface area contributed by atoms with E-state index in [1.807, 2.05) is 11.8 Å². The van der Waals surface area contributed by atoms with Crippen molar-refractivity contribution in [1.29, 1.82) is 0 Å². The smallest absolute Gasteiger partial charge is 0.0356 e. The van der Waals surface area contributed by atoms with Gasteiger partial charge in [-0.15, -0.1) is 11.8 Å². The van der Waals surface area contributed by atoms with Crippen LogP contribution in [0.15, 0.2) is 53.4 Å². The Kier molecular flexibility index (Phi) is 4.44. The molecule has 2 aromatic rings. The molecule has 1 aliphatic rings. The van der Waals surface area contributed by atoms with E-state index in [0.29, 0.717) is 5.25 Å². The first kappa shape index (κ1) is 13.7. The molecule has 0 fully saturated rings. The minimum atomic E-state index is 0.459. The standard InChI is InChI=1S/C18H21NS/c19-12-11-18(15-5-2-1-3-6-15)20-17-10-9-14-7-4-8-16(14)13-17/h1-3,5-6,9-10,13,18H,4,7-8,11-12,19H2. The monoisotopic (exact) mass is 283 g/mol. The first-order valence-electron chi connectivity index (χ1n) is 7.40. The first-order valence-corrected chi connectivity index (χ1v) is 8.28. The van der Waals surface area contributed by atoms with Crippen LogP contribution in [0.25, 0.3) is 0 Å². The van der Waals surface area contributed by atoms with E-state index < -0.39 is 0 Å². The Morgan fingerprint density at radius 2 is 1.80 bits per heavy atom. The molecule has 0 amide bonds. The molecule has 0 aromatic heterocycles. The fourth-order valence-electron chi connectivity index (χ4n) is 2.90. The van der Waals surface area contributed by atoms with Crippen LogP contribution in [-0.2, 0) is 12.8 Å². The quantitative estimate of drug-likeness (QED) is 0.825. The predicted molar refractivity (Wildman–Crippen MR) is 87.2 cm³/mol. The van der Waals surface area contributed by atoms with Gasteiger partial charge in [-0.05, 0) is 61.1 Å². The Morgan fingerprint density at radius 1 is 1.00 bits per heavy atom. The summed E-state index contributed by atoms with van der Waals surface area (Å²) in [6.07, 6.45) is 4.84. The lowest BCUT2D eigenvalue weighted by molar-refractivity contribution is 0.814. The zero-order chi connectivity index (χ0) is 13.8. The summed E-state index contributed by atoms with van der Waals surface area (Å²) < 4.78 is 0. The summed E-state index contributed by atoms with van der Waals surface area (Å²) in [6.45, 7) is 0.734. The molecule has 1 atom stereocenters. The Bertz CT molecular complexity index is 565. The maximum atomic E-state index is 5.80. The van der Waals surface area contributed by atoms with E-state index in [1.54, 1.807) is 11.1 Å². The van der Waals surface area contributed by atoms with Crippen LogP contribution >= 0.6 is 11.8 Å². The van der Waals surface area contributed by atoms with Crippen molar-refractivity contribution in [3.63, 3.8) is 0 Å². The van der Waals surface area contributed by atoms with E-state index in [2.05, 4.69) is 48.5 Å². The molecule has 20 heavy (non-hydrogen) atoms. The number of nitrogens with two attached hydrogens (primary N) is 1. The molecule has 1 unspecified atom stereocenters. The Hall–Kier alpha value is -1.25. The van der Waals surface area contributed by atoms with Crippen LogP contribution < -0.4 is 5.73 Å². The number of aryl methyl sites for hydroxylation is 2. The van der Waals surface area contributed by atoms with Crippen LogP contribution in [0, 0.1) is 0 Å². The molecule has 0 aliphatic heterocycles. The molecule has 1 aliphatic carbocycles. The molecule has 0 spiro atoms. The normalized spacial score (nSPS) is 15.1. The van der Waals surface area contributed by atoms with Gasteiger partial charge in [0.15, 0.2) is 0 Å². The van der Waals surface area contributed by atoms with Crippen molar-refractivity contribution in [3.05, 3.63) is 65.2 Å².